The third-order valence-electron chi connectivity index (χ3n) is 5.75. The van der Waals surface area contributed by atoms with Crippen molar-refractivity contribution in [1.82, 2.24) is 19.6 Å². The molecule has 0 aliphatic carbocycles. The zero-order chi connectivity index (χ0) is 21.0. The number of nitrogens with one attached hydrogen (secondary N) is 1. The molecule has 0 radical (unpaired) electrons. The van der Waals surface area contributed by atoms with Crippen LogP contribution in [0.3, 0.4) is 0 Å². The van der Waals surface area contributed by atoms with Gasteiger partial charge in [0.15, 0.2) is 6.54 Å². The fraction of sp³-hybridized carbons (Fsp3) is 0.500. The quantitative estimate of drug-likeness (QED) is 0.758. The van der Waals surface area contributed by atoms with Gasteiger partial charge in [-0.2, -0.15) is 5.10 Å². The molecular weight excluding hydrogens is 366 g/mol. The van der Waals surface area contributed by atoms with Crippen molar-refractivity contribution >= 4 is 11.8 Å². The Hall–Kier alpha value is -2.67. The lowest BCUT2D eigenvalue weighted by Gasteiger charge is -2.32. The molecule has 3 rings (SSSR count). The number of nitrogens with zero attached hydrogens (tertiary/aromatic N) is 4. The Morgan fingerprint density at radius 3 is 2.38 bits per heavy atom. The minimum absolute atomic E-state index is 0.140. The third kappa shape index (κ3) is 5.03. The Kier molecular flexibility index (Phi) is 6.69. The first-order valence-electron chi connectivity index (χ1n) is 10.3. The van der Waals surface area contributed by atoms with Gasteiger partial charge in [-0.1, -0.05) is 18.2 Å². The van der Waals surface area contributed by atoms with Crippen LogP contribution in [0.25, 0.3) is 5.69 Å². The van der Waals surface area contributed by atoms with Crippen LogP contribution in [0.15, 0.2) is 30.3 Å². The lowest BCUT2D eigenvalue weighted by Crippen LogP contribution is -3.15. The Morgan fingerprint density at radius 2 is 1.76 bits per heavy atom. The number of carbonyl (C=O) groups is 2. The number of likely N-dealkylation sites (N-methyl/N-ethyl adjacent to an activating group) is 1. The normalized spacial score (nSPS) is 14.8. The summed E-state index contributed by atoms with van der Waals surface area (Å²) in [6.07, 6.45) is 1.20. The van der Waals surface area contributed by atoms with E-state index in [-0.39, 0.29) is 11.8 Å². The van der Waals surface area contributed by atoms with Crippen molar-refractivity contribution in [3.63, 3.8) is 0 Å². The van der Waals surface area contributed by atoms with Gasteiger partial charge in [-0.3, -0.25) is 9.59 Å². The van der Waals surface area contributed by atoms with Crippen LogP contribution in [-0.2, 0) is 16.0 Å². The number of hydrogen-bond acceptors (Lipinski definition) is 3. The second-order valence-electron chi connectivity index (χ2n) is 7.99. The number of hydrogen-bond donors (Lipinski definition) is 1. The zero-order valence-electron chi connectivity index (χ0n) is 17.9. The highest BCUT2D eigenvalue weighted by Crippen LogP contribution is 2.19. The molecule has 1 saturated heterocycles. The number of aromatic nitrogens is 2. The van der Waals surface area contributed by atoms with E-state index in [1.807, 2.05) is 46.8 Å². The predicted octanol–water partition coefficient (Wildman–Crippen LogP) is 0.237. The van der Waals surface area contributed by atoms with E-state index in [9.17, 15) is 9.59 Å². The molecular formula is C22H32N5O2+. The summed E-state index contributed by atoms with van der Waals surface area (Å²) in [5.41, 5.74) is 4.27. The molecule has 1 aromatic heterocycles. The molecule has 1 aliphatic rings. The maximum atomic E-state index is 12.7. The molecule has 156 valence electrons. The summed E-state index contributed by atoms with van der Waals surface area (Å²) in [5, 5.41) is 4.68. The number of benzene rings is 1. The van der Waals surface area contributed by atoms with Gasteiger partial charge in [-0.25, -0.2) is 4.68 Å². The Balaban J connectivity index is 1.54. The molecule has 0 saturated carbocycles. The van der Waals surface area contributed by atoms with Gasteiger partial charge in [0.25, 0.3) is 5.91 Å². The zero-order valence-corrected chi connectivity index (χ0v) is 17.9. The summed E-state index contributed by atoms with van der Waals surface area (Å²) in [4.78, 5) is 29.4. The van der Waals surface area contributed by atoms with Gasteiger partial charge < -0.3 is 14.7 Å². The molecule has 2 heterocycles. The smallest absolute Gasteiger partial charge is 0.277 e. The molecule has 2 aromatic rings. The molecule has 2 amide bonds. The lowest BCUT2D eigenvalue weighted by molar-refractivity contribution is -0.896. The standard InChI is InChI=1S/C22H31N5O2/c1-17-20(18(2)27(23-17)19-8-6-5-7-9-19)10-11-21(28)26-14-12-25(13-15-26)16-22(29)24(3)4/h5-9H,10-16H2,1-4H3/p+1. The van der Waals surface area contributed by atoms with Crippen molar-refractivity contribution in [2.24, 2.45) is 0 Å². The molecule has 1 aliphatic heterocycles. The van der Waals surface area contributed by atoms with E-state index in [0.29, 0.717) is 19.4 Å². The first-order valence-corrected chi connectivity index (χ1v) is 10.3. The van der Waals surface area contributed by atoms with Crippen molar-refractivity contribution in [3.8, 4) is 5.69 Å². The van der Waals surface area contributed by atoms with E-state index in [4.69, 9.17) is 0 Å². The summed E-state index contributed by atoms with van der Waals surface area (Å²) in [6, 6.07) is 10.1. The second-order valence-corrected chi connectivity index (χ2v) is 7.99. The molecule has 0 bridgehead atoms. The largest absolute Gasteiger partial charge is 0.344 e. The summed E-state index contributed by atoms with van der Waals surface area (Å²) < 4.78 is 1.96. The van der Waals surface area contributed by atoms with E-state index in [1.165, 1.54) is 4.90 Å². The summed E-state index contributed by atoms with van der Waals surface area (Å²) in [5.74, 6) is 0.329. The number of para-hydroxylation sites is 1. The maximum absolute atomic E-state index is 12.7. The number of carbonyl (C=O) groups excluding carboxylic acids is 2. The Morgan fingerprint density at radius 1 is 1.10 bits per heavy atom. The lowest BCUT2D eigenvalue weighted by atomic mass is 10.1. The molecule has 7 heteroatoms. The van der Waals surface area contributed by atoms with Crippen LogP contribution in [-0.4, -0.2) is 78.2 Å². The minimum Gasteiger partial charge on any atom is -0.344 e. The van der Waals surface area contributed by atoms with Gasteiger partial charge in [-0.05, 0) is 38.0 Å². The van der Waals surface area contributed by atoms with Crippen molar-refractivity contribution < 1.29 is 14.5 Å². The predicted molar refractivity (Wildman–Crippen MR) is 112 cm³/mol. The number of piperazine rings is 1. The summed E-state index contributed by atoms with van der Waals surface area (Å²) in [7, 11) is 3.57. The highest BCUT2D eigenvalue weighted by Gasteiger charge is 2.26. The number of amides is 2. The van der Waals surface area contributed by atoms with Gasteiger partial charge in [0.1, 0.15) is 0 Å². The third-order valence-corrected chi connectivity index (χ3v) is 5.75. The van der Waals surface area contributed by atoms with Gasteiger partial charge in [0, 0.05) is 26.2 Å². The SMILES string of the molecule is Cc1nn(-c2ccccc2)c(C)c1CCC(=O)N1CC[NH+](CC(=O)N(C)C)CC1. The topological polar surface area (TPSA) is 62.9 Å². The minimum atomic E-state index is 0.140. The van der Waals surface area contributed by atoms with E-state index in [1.54, 1.807) is 19.0 Å². The molecule has 0 atom stereocenters. The van der Waals surface area contributed by atoms with Gasteiger partial charge in [0.05, 0.1) is 37.6 Å². The monoisotopic (exact) mass is 398 g/mol. The summed E-state index contributed by atoms with van der Waals surface area (Å²) >= 11 is 0. The fourth-order valence-electron chi connectivity index (χ4n) is 3.87. The molecule has 7 nitrogen and oxygen atoms in total. The first-order chi connectivity index (χ1) is 13.9. The van der Waals surface area contributed by atoms with Crippen molar-refractivity contribution in [2.75, 3.05) is 46.8 Å². The van der Waals surface area contributed by atoms with Crippen LogP contribution in [0.5, 0.6) is 0 Å². The number of aryl methyl sites for hydroxylation is 1. The molecule has 0 spiro atoms. The molecule has 1 aromatic carbocycles. The van der Waals surface area contributed by atoms with E-state index in [2.05, 4.69) is 12.0 Å². The van der Waals surface area contributed by atoms with E-state index < -0.39 is 0 Å². The van der Waals surface area contributed by atoms with Crippen LogP contribution in [0.1, 0.15) is 23.4 Å². The highest BCUT2D eigenvalue weighted by molar-refractivity contribution is 5.77. The van der Waals surface area contributed by atoms with Crippen molar-refractivity contribution in [2.45, 2.75) is 26.7 Å². The highest BCUT2D eigenvalue weighted by atomic mass is 16.2. The van der Waals surface area contributed by atoms with Crippen molar-refractivity contribution in [1.29, 1.82) is 0 Å². The molecule has 0 unspecified atom stereocenters. The van der Waals surface area contributed by atoms with Gasteiger partial charge in [-0.15, -0.1) is 0 Å². The second kappa shape index (κ2) is 9.22. The maximum Gasteiger partial charge on any atom is 0.277 e. The Bertz CT molecular complexity index is 852. The fourth-order valence-corrected chi connectivity index (χ4v) is 3.87. The van der Waals surface area contributed by atoms with Gasteiger partial charge >= 0.3 is 0 Å². The van der Waals surface area contributed by atoms with E-state index in [0.717, 1.165) is 48.8 Å². The first kappa shape index (κ1) is 21.0. The van der Waals surface area contributed by atoms with Crippen LogP contribution in [0.4, 0.5) is 0 Å². The van der Waals surface area contributed by atoms with Crippen LogP contribution in [0, 0.1) is 13.8 Å². The number of rotatable bonds is 6. The van der Waals surface area contributed by atoms with Crippen LogP contribution >= 0.6 is 0 Å². The van der Waals surface area contributed by atoms with E-state index >= 15 is 0 Å². The summed E-state index contributed by atoms with van der Waals surface area (Å²) in [6.45, 7) is 7.68. The Labute approximate surface area is 172 Å². The number of quaternary nitrogens is 1. The molecule has 29 heavy (non-hydrogen) atoms. The van der Waals surface area contributed by atoms with Gasteiger partial charge in [0.2, 0.25) is 5.91 Å². The molecule has 1 fully saturated rings. The van der Waals surface area contributed by atoms with Crippen molar-refractivity contribution in [3.05, 3.63) is 47.3 Å². The average molecular weight is 399 g/mol. The molecule has 1 N–H and O–H groups in total. The average Bonchev–Trinajstić information content (AvgIpc) is 3.01. The van der Waals surface area contributed by atoms with Crippen LogP contribution < -0.4 is 4.90 Å². The van der Waals surface area contributed by atoms with Crippen LogP contribution in [0.2, 0.25) is 0 Å².